The molecule has 9 nitrogen and oxygen atoms in total. The molecule has 0 amide bonds. The number of esters is 4. The van der Waals surface area contributed by atoms with Crippen LogP contribution in [0, 0.1) is 0 Å². The summed E-state index contributed by atoms with van der Waals surface area (Å²) in [6, 6.07) is 0. The Morgan fingerprint density at radius 3 is 1.64 bits per heavy atom. The summed E-state index contributed by atoms with van der Waals surface area (Å²) in [5.74, 6) is -2.08. The third-order valence-corrected chi connectivity index (χ3v) is 14.1. The molecule has 1 aliphatic rings. The van der Waals surface area contributed by atoms with Gasteiger partial charge in [-0.25, -0.2) is 0 Å². The van der Waals surface area contributed by atoms with Gasteiger partial charge in [0, 0.05) is 0 Å². The van der Waals surface area contributed by atoms with E-state index in [2.05, 4.69) is 13.8 Å². The summed E-state index contributed by atoms with van der Waals surface area (Å²) in [5, 5.41) is 2.38. The summed E-state index contributed by atoms with van der Waals surface area (Å²) in [4.78, 5) is 47.2. The monoisotopic (exact) mass is 552 g/mol. The van der Waals surface area contributed by atoms with Crippen LogP contribution in [-0.4, -0.2) is 73.8 Å². The number of hydrogen-bond donors (Lipinski definition) is 0. The van der Waals surface area contributed by atoms with Crippen LogP contribution in [0.25, 0.3) is 0 Å². The number of unbranched alkanes of at least 4 members (excludes halogenated alkanes) is 2. The average molecular weight is 553 g/mol. The first kappa shape index (κ1) is 29.8. The van der Waals surface area contributed by atoms with Gasteiger partial charge >= 0.3 is 204 Å². The number of ether oxygens (including phenoxy) is 5. The van der Waals surface area contributed by atoms with Crippen molar-refractivity contribution in [2.24, 2.45) is 0 Å². The number of carbonyl (C=O) groups is 4. The number of carbonyl (C=O) groups excluding carboxylic acids is 4. The summed E-state index contributed by atoms with van der Waals surface area (Å²) in [7, 11) is 1.84. The van der Waals surface area contributed by atoms with Crippen molar-refractivity contribution in [3.05, 3.63) is 0 Å². The average Bonchev–Trinajstić information content (AvgIpc) is 2.70. The van der Waals surface area contributed by atoms with E-state index in [0.717, 1.165) is 25.7 Å². The van der Waals surface area contributed by atoms with Gasteiger partial charge in [0.2, 0.25) is 0 Å². The van der Waals surface area contributed by atoms with Crippen molar-refractivity contribution >= 4 is 47.4 Å². The van der Waals surface area contributed by atoms with Gasteiger partial charge in [0.25, 0.3) is 0 Å². The van der Waals surface area contributed by atoms with Crippen LogP contribution in [0.5, 0.6) is 0 Å². The molecule has 1 heterocycles. The predicted octanol–water partition coefficient (Wildman–Crippen LogP) is 3.39. The fourth-order valence-electron chi connectivity index (χ4n) is 3.34. The molecular weight excluding hydrogens is 515 g/mol. The van der Waals surface area contributed by atoms with Crippen molar-refractivity contribution in [3.63, 3.8) is 0 Å². The van der Waals surface area contributed by atoms with Gasteiger partial charge < -0.3 is 0 Å². The second-order valence-electron chi connectivity index (χ2n) is 7.81. The van der Waals surface area contributed by atoms with Crippen molar-refractivity contribution < 1.29 is 42.9 Å². The summed E-state index contributed by atoms with van der Waals surface area (Å²) >= 11 is -1.22. The molecule has 0 saturated carbocycles. The van der Waals surface area contributed by atoms with Crippen LogP contribution >= 0.6 is 10.0 Å². The molecule has 190 valence electrons. The Labute approximate surface area is 204 Å². The Bertz CT molecular complexity index is 652. The molecule has 0 bridgehead atoms. The number of rotatable bonds is 13. The minimum absolute atomic E-state index is 0.480. The molecule has 5 atom stereocenters. The first-order chi connectivity index (χ1) is 15.6. The zero-order chi connectivity index (χ0) is 25.0. The Morgan fingerprint density at radius 1 is 0.727 bits per heavy atom. The summed E-state index contributed by atoms with van der Waals surface area (Å²) in [6.45, 7) is 9.16. The molecule has 0 aromatic rings. The second-order valence-corrected chi connectivity index (χ2v) is 16.6. The SMILES string of the molecule is CCCC[As](CCCC)SCC1OC(OC(C)=O)C(OC(C)=O)C(OC(C)=O)C1OC(C)=O. The fourth-order valence-corrected chi connectivity index (χ4v) is 12.7. The summed E-state index contributed by atoms with van der Waals surface area (Å²) in [6.07, 6.45) is -0.876. The zero-order valence-corrected chi connectivity index (χ0v) is 23.1. The predicted molar refractivity (Wildman–Crippen MR) is 125 cm³/mol. The van der Waals surface area contributed by atoms with Crippen LogP contribution in [-0.2, 0) is 42.9 Å². The van der Waals surface area contributed by atoms with E-state index >= 15 is 0 Å². The molecule has 1 aliphatic heterocycles. The molecule has 5 unspecified atom stereocenters. The molecule has 0 spiro atoms. The van der Waals surface area contributed by atoms with E-state index < -0.39 is 68.1 Å². The van der Waals surface area contributed by atoms with E-state index in [9.17, 15) is 19.2 Å². The minimum atomic E-state index is -1.29. The first-order valence-corrected chi connectivity index (χ1v) is 17.2. The zero-order valence-electron chi connectivity index (χ0n) is 20.4. The second kappa shape index (κ2) is 15.6. The molecule has 0 aliphatic carbocycles. The molecule has 1 rings (SSSR count). The van der Waals surface area contributed by atoms with Gasteiger partial charge in [-0.05, 0) is 0 Å². The van der Waals surface area contributed by atoms with Crippen molar-refractivity contribution in [2.75, 3.05) is 5.75 Å². The van der Waals surface area contributed by atoms with Crippen LogP contribution in [0.4, 0.5) is 0 Å². The van der Waals surface area contributed by atoms with E-state index in [4.69, 9.17) is 23.7 Å². The summed E-state index contributed by atoms with van der Waals surface area (Å²) in [5.41, 5.74) is 0. The molecule has 33 heavy (non-hydrogen) atoms. The Balaban J connectivity index is 3.21. The van der Waals surface area contributed by atoms with E-state index in [1.165, 1.54) is 38.1 Å². The first-order valence-electron chi connectivity index (χ1n) is 11.3. The van der Waals surface area contributed by atoms with Crippen molar-refractivity contribution in [1.29, 1.82) is 0 Å². The van der Waals surface area contributed by atoms with Gasteiger partial charge in [-0.1, -0.05) is 0 Å². The van der Waals surface area contributed by atoms with Gasteiger partial charge in [0.05, 0.1) is 0 Å². The van der Waals surface area contributed by atoms with E-state index in [0.29, 0.717) is 5.75 Å². The normalized spacial score (nSPS) is 24.8. The van der Waals surface area contributed by atoms with Gasteiger partial charge in [-0.2, -0.15) is 0 Å². The van der Waals surface area contributed by atoms with Gasteiger partial charge in [0.1, 0.15) is 0 Å². The van der Waals surface area contributed by atoms with Crippen molar-refractivity contribution in [1.82, 2.24) is 0 Å². The van der Waals surface area contributed by atoms with Gasteiger partial charge in [-0.15, -0.1) is 0 Å². The molecule has 0 N–H and O–H groups in total. The van der Waals surface area contributed by atoms with Crippen LogP contribution < -0.4 is 0 Å². The Morgan fingerprint density at radius 2 is 1.18 bits per heavy atom. The summed E-state index contributed by atoms with van der Waals surface area (Å²) < 4.78 is 27.5. The number of hydrogen-bond acceptors (Lipinski definition) is 10. The maximum atomic E-state index is 11.9. The molecular formula is C22H37AsO9S. The van der Waals surface area contributed by atoms with Gasteiger partial charge in [0.15, 0.2) is 0 Å². The Hall–Kier alpha value is -1.25. The van der Waals surface area contributed by atoms with Crippen molar-refractivity contribution in [2.45, 2.75) is 108 Å². The molecule has 0 aromatic carbocycles. The molecule has 1 saturated heterocycles. The van der Waals surface area contributed by atoms with E-state index in [-0.39, 0.29) is 0 Å². The van der Waals surface area contributed by atoms with E-state index in [1.54, 1.807) is 0 Å². The Kier molecular flexibility index (Phi) is 14.1. The van der Waals surface area contributed by atoms with Crippen LogP contribution in [0.3, 0.4) is 0 Å². The third-order valence-electron chi connectivity index (χ3n) is 4.72. The standard InChI is InChI=1S/C22H37AsO9S/c1-7-9-11-23(12-10-8-2)33-13-18-19(28-14(3)24)20(29-15(4)25)21(30-16(5)26)22(32-18)31-17(6)27/h18-22H,7-13H2,1-6H3. The van der Waals surface area contributed by atoms with Crippen LogP contribution in [0.1, 0.15) is 67.2 Å². The van der Waals surface area contributed by atoms with Crippen LogP contribution in [0.15, 0.2) is 0 Å². The van der Waals surface area contributed by atoms with Crippen LogP contribution in [0.2, 0.25) is 10.4 Å². The molecule has 0 radical (unpaired) electrons. The van der Waals surface area contributed by atoms with Crippen molar-refractivity contribution in [3.8, 4) is 0 Å². The third kappa shape index (κ3) is 11.1. The van der Waals surface area contributed by atoms with E-state index in [1.807, 2.05) is 10.0 Å². The quantitative estimate of drug-likeness (QED) is 0.191. The molecule has 11 heteroatoms. The maximum absolute atomic E-state index is 11.9. The van der Waals surface area contributed by atoms with Gasteiger partial charge in [-0.3, -0.25) is 0 Å². The molecule has 0 aromatic heterocycles. The fraction of sp³-hybridized carbons (Fsp3) is 0.818. The molecule has 1 fully saturated rings. The topological polar surface area (TPSA) is 114 Å².